The van der Waals surface area contributed by atoms with Crippen molar-refractivity contribution in [3.8, 4) is 5.75 Å². The minimum Gasteiger partial charge on any atom is -0.497 e. The number of methoxy groups -OCH3 is 1. The van der Waals surface area contributed by atoms with Crippen LogP contribution in [-0.2, 0) is 9.53 Å². The molecule has 1 aliphatic rings. The third-order valence-electron chi connectivity index (χ3n) is 5.23. The maximum Gasteiger partial charge on any atom is 0.335 e. The fraction of sp³-hybridized carbons (Fsp3) is 0.348. The van der Waals surface area contributed by atoms with Crippen molar-refractivity contribution in [2.45, 2.75) is 19.8 Å². The molecule has 2 aromatic rings. The normalized spacial score (nSPS) is 15.8. The summed E-state index contributed by atoms with van der Waals surface area (Å²) in [7, 11) is 1.54. The topological polar surface area (TPSA) is 105 Å². The number of carboxylic acid groups (broad SMARTS) is 1. The zero-order valence-corrected chi connectivity index (χ0v) is 17.6. The maximum atomic E-state index is 12.8. The van der Waals surface area contributed by atoms with E-state index in [4.69, 9.17) is 9.47 Å². The van der Waals surface area contributed by atoms with Gasteiger partial charge in [0.15, 0.2) is 0 Å². The number of carbonyl (C=O) groups is 3. The highest BCUT2D eigenvalue weighted by molar-refractivity contribution is 6.06. The summed E-state index contributed by atoms with van der Waals surface area (Å²) in [5, 5.41) is 12.2. The summed E-state index contributed by atoms with van der Waals surface area (Å²) in [6.07, 6.45) is 1.52. The van der Waals surface area contributed by atoms with E-state index in [2.05, 4.69) is 5.32 Å². The van der Waals surface area contributed by atoms with E-state index >= 15 is 0 Å². The summed E-state index contributed by atoms with van der Waals surface area (Å²) in [6.45, 7) is 3.23. The molecule has 2 N–H and O–H groups in total. The van der Waals surface area contributed by atoms with Crippen molar-refractivity contribution >= 4 is 29.2 Å². The summed E-state index contributed by atoms with van der Waals surface area (Å²) in [5.74, 6) is -1.33. The molecule has 1 atom stereocenters. The second-order valence-corrected chi connectivity index (χ2v) is 7.26. The molecule has 0 radical (unpaired) electrons. The van der Waals surface area contributed by atoms with Crippen molar-refractivity contribution in [1.29, 1.82) is 0 Å². The van der Waals surface area contributed by atoms with Gasteiger partial charge in [0.1, 0.15) is 5.75 Å². The Morgan fingerprint density at radius 1 is 1.13 bits per heavy atom. The minimum absolute atomic E-state index is 0.0627. The van der Waals surface area contributed by atoms with Crippen molar-refractivity contribution < 1.29 is 29.0 Å². The molecule has 1 saturated heterocycles. The van der Waals surface area contributed by atoms with Gasteiger partial charge in [0.2, 0.25) is 0 Å². The Kier molecular flexibility index (Phi) is 7.12. The molecule has 0 aromatic heterocycles. The van der Waals surface area contributed by atoms with Gasteiger partial charge in [0.05, 0.1) is 36.6 Å². The van der Waals surface area contributed by atoms with Gasteiger partial charge < -0.3 is 24.8 Å². The molecule has 1 heterocycles. The number of nitrogens with one attached hydrogen (secondary N) is 1. The van der Waals surface area contributed by atoms with Gasteiger partial charge in [-0.1, -0.05) is 0 Å². The molecular formula is C23H26N2O6. The Morgan fingerprint density at radius 2 is 1.84 bits per heavy atom. The average Bonchev–Trinajstić information content (AvgIpc) is 2.79. The van der Waals surface area contributed by atoms with Crippen molar-refractivity contribution in [2.24, 2.45) is 5.92 Å². The molecule has 1 amide bonds. The van der Waals surface area contributed by atoms with Crippen LogP contribution < -0.4 is 15.0 Å². The van der Waals surface area contributed by atoms with Crippen molar-refractivity contribution in [1.82, 2.24) is 0 Å². The van der Waals surface area contributed by atoms with Crippen LogP contribution in [0.25, 0.3) is 0 Å². The molecule has 164 valence electrons. The van der Waals surface area contributed by atoms with Gasteiger partial charge in [-0.3, -0.25) is 9.59 Å². The van der Waals surface area contributed by atoms with Gasteiger partial charge in [0, 0.05) is 18.7 Å². The van der Waals surface area contributed by atoms with Gasteiger partial charge in [0.25, 0.3) is 5.91 Å². The smallest absolute Gasteiger partial charge is 0.335 e. The molecule has 0 unspecified atom stereocenters. The van der Waals surface area contributed by atoms with Gasteiger partial charge >= 0.3 is 11.9 Å². The predicted molar refractivity (Wildman–Crippen MR) is 116 cm³/mol. The fourth-order valence-corrected chi connectivity index (χ4v) is 3.63. The third-order valence-corrected chi connectivity index (χ3v) is 5.23. The highest BCUT2D eigenvalue weighted by Gasteiger charge is 2.28. The molecule has 1 aliphatic heterocycles. The number of anilines is 2. The molecular weight excluding hydrogens is 400 g/mol. The number of esters is 1. The van der Waals surface area contributed by atoms with Gasteiger partial charge in [-0.15, -0.1) is 0 Å². The number of aromatic carboxylic acids is 1. The molecule has 0 spiro atoms. The first-order valence-electron chi connectivity index (χ1n) is 10.2. The zero-order valence-electron chi connectivity index (χ0n) is 17.6. The number of carboxylic acids is 1. The quantitative estimate of drug-likeness (QED) is 0.654. The number of ether oxygens (including phenoxy) is 2. The molecule has 0 aliphatic carbocycles. The van der Waals surface area contributed by atoms with Crippen molar-refractivity contribution in [3.63, 3.8) is 0 Å². The molecule has 31 heavy (non-hydrogen) atoms. The first-order valence-corrected chi connectivity index (χ1v) is 10.2. The van der Waals surface area contributed by atoms with E-state index in [9.17, 15) is 19.5 Å². The average molecular weight is 426 g/mol. The lowest BCUT2D eigenvalue weighted by atomic mass is 9.97. The van der Waals surface area contributed by atoms with E-state index in [1.165, 1.54) is 12.1 Å². The molecule has 8 nitrogen and oxygen atoms in total. The van der Waals surface area contributed by atoms with Crippen LogP contribution in [0.15, 0.2) is 42.5 Å². The van der Waals surface area contributed by atoms with Gasteiger partial charge in [-0.2, -0.15) is 0 Å². The number of benzene rings is 2. The lowest BCUT2D eigenvalue weighted by Crippen LogP contribution is -2.39. The number of nitrogens with zero attached hydrogens (tertiary/aromatic N) is 1. The van der Waals surface area contributed by atoms with E-state index in [-0.39, 0.29) is 23.4 Å². The van der Waals surface area contributed by atoms with E-state index < -0.39 is 5.97 Å². The number of hydrogen-bond acceptors (Lipinski definition) is 6. The minimum atomic E-state index is -1.09. The summed E-state index contributed by atoms with van der Waals surface area (Å²) < 4.78 is 10.3. The number of rotatable bonds is 7. The standard InChI is InChI=1S/C23H26N2O6/c1-3-31-23(29)17-5-4-12-25(14-17)20-11-8-16(22(27)28)13-19(20)24-21(26)15-6-9-18(30-2)10-7-15/h6-11,13,17H,3-5,12,14H2,1-2H3,(H,24,26)(H,27,28)/t17-/m0/s1. The van der Waals surface area contributed by atoms with Crippen molar-refractivity contribution in [2.75, 3.05) is 37.0 Å². The predicted octanol–water partition coefficient (Wildman–Crippen LogP) is 3.43. The monoisotopic (exact) mass is 426 g/mol. The highest BCUT2D eigenvalue weighted by atomic mass is 16.5. The number of piperidine rings is 1. The SMILES string of the molecule is CCOC(=O)[C@H]1CCCN(c2ccc(C(=O)O)cc2NC(=O)c2ccc(OC)cc2)C1. The first-order chi connectivity index (χ1) is 14.9. The molecule has 2 aromatic carbocycles. The van der Waals surface area contributed by atoms with Gasteiger partial charge in [-0.05, 0) is 62.2 Å². The van der Waals surface area contributed by atoms with Crippen molar-refractivity contribution in [3.05, 3.63) is 53.6 Å². The molecule has 0 bridgehead atoms. The lowest BCUT2D eigenvalue weighted by Gasteiger charge is -2.34. The number of amides is 1. The van der Waals surface area contributed by atoms with E-state index in [1.807, 2.05) is 4.90 Å². The largest absolute Gasteiger partial charge is 0.497 e. The van der Waals surface area contributed by atoms with Crippen LogP contribution in [-0.4, -0.2) is 49.8 Å². The summed E-state index contributed by atoms with van der Waals surface area (Å²) in [5.41, 5.74) is 1.52. The highest BCUT2D eigenvalue weighted by Crippen LogP contribution is 2.32. The molecule has 1 fully saturated rings. The van der Waals surface area contributed by atoms with Crippen LogP contribution in [0.3, 0.4) is 0 Å². The van der Waals surface area contributed by atoms with Crippen LogP contribution in [0, 0.1) is 5.92 Å². The van der Waals surface area contributed by atoms with Crippen LogP contribution in [0.4, 0.5) is 11.4 Å². The summed E-state index contributed by atoms with van der Waals surface area (Å²) >= 11 is 0. The summed E-state index contributed by atoms with van der Waals surface area (Å²) in [4.78, 5) is 38.5. The zero-order chi connectivity index (χ0) is 22.4. The second-order valence-electron chi connectivity index (χ2n) is 7.26. The number of hydrogen-bond donors (Lipinski definition) is 2. The molecule has 3 rings (SSSR count). The van der Waals surface area contributed by atoms with Crippen LogP contribution in [0.2, 0.25) is 0 Å². The van der Waals surface area contributed by atoms with Crippen LogP contribution in [0.1, 0.15) is 40.5 Å². The fourth-order valence-electron chi connectivity index (χ4n) is 3.63. The van der Waals surface area contributed by atoms with Crippen LogP contribution in [0.5, 0.6) is 5.75 Å². The summed E-state index contributed by atoms with van der Waals surface area (Å²) in [6, 6.07) is 11.2. The lowest BCUT2D eigenvalue weighted by molar-refractivity contribution is -0.148. The van der Waals surface area contributed by atoms with E-state index in [1.54, 1.807) is 44.4 Å². The maximum absolute atomic E-state index is 12.8. The van der Waals surface area contributed by atoms with E-state index in [0.29, 0.717) is 42.4 Å². The van der Waals surface area contributed by atoms with Crippen LogP contribution >= 0.6 is 0 Å². The Labute approximate surface area is 180 Å². The first kappa shape index (κ1) is 22.1. The molecule has 8 heteroatoms. The second kappa shape index (κ2) is 9.97. The molecule has 0 saturated carbocycles. The Balaban J connectivity index is 1.87. The number of carbonyl (C=O) groups excluding carboxylic acids is 2. The Bertz CT molecular complexity index is 957. The third kappa shape index (κ3) is 5.33. The van der Waals surface area contributed by atoms with E-state index in [0.717, 1.165) is 12.8 Å². The Hall–Kier alpha value is -3.55. The Morgan fingerprint density at radius 3 is 2.48 bits per heavy atom. The van der Waals surface area contributed by atoms with Gasteiger partial charge in [-0.25, -0.2) is 4.79 Å².